The molecule has 2 aliphatic heterocycles. The van der Waals surface area contributed by atoms with Crippen molar-refractivity contribution in [1.82, 2.24) is 0 Å². The van der Waals surface area contributed by atoms with Crippen molar-refractivity contribution in [3.63, 3.8) is 0 Å². The number of imide groups is 1. The maximum Gasteiger partial charge on any atom is 0.271 e. The van der Waals surface area contributed by atoms with Crippen molar-refractivity contribution in [2.24, 2.45) is 5.41 Å². The molecule has 5 aromatic rings. The van der Waals surface area contributed by atoms with Gasteiger partial charge in [0.25, 0.3) is 5.91 Å². The summed E-state index contributed by atoms with van der Waals surface area (Å²) in [5.74, 6) is -1.64. The first-order chi connectivity index (χ1) is 21.9. The zero-order chi connectivity index (χ0) is 30.7. The highest BCUT2D eigenvalue weighted by atomic mass is 79.9. The summed E-state index contributed by atoms with van der Waals surface area (Å²) in [5.41, 5.74) is 4.19. The van der Waals surface area contributed by atoms with Crippen LogP contribution in [0.1, 0.15) is 51.3 Å². The molecule has 2 fully saturated rings. The minimum absolute atomic E-state index is 0.283. The van der Waals surface area contributed by atoms with Crippen molar-refractivity contribution in [2.75, 3.05) is 9.96 Å². The Morgan fingerprint density at radius 3 is 1.93 bits per heavy atom. The number of aryl methyl sites for hydroxylation is 1. The van der Waals surface area contributed by atoms with Gasteiger partial charge in [0.05, 0.1) is 17.3 Å². The average Bonchev–Trinajstić information content (AvgIpc) is 3.50. The van der Waals surface area contributed by atoms with Gasteiger partial charge in [-0.1, -0.05) is 112 Å². The van der Waals surface area contributed by atoms with Gasteiger partial charge in [-0.15, -0.1) is 0 Å². The number of carbonyl (C=O) groups is 2. The quantitative estimate of drug-likeness (QED) is 0.180. The van der Waals surface area contributed by atoms with Crippen LogP contribution in [0.4, 0.5) is 11.4 Å². The van der Waals surface area contributed by atoms with Crippen molar-refractivity contribution in [2.45, 2.75) is 30.4 Å². The first-order valence-electron chi connectivity index (χ1n) is 15.0. The molecule has 220 valence electrons. The zero-order valence-corrected chi connectivity index (χ0v) is 26.5. The molecule has 10 rings (SSSR count). The van der Waals surface area contributed by atoms with Crippen molar-refractivity contribution < 1.29 is 14.4 Å². The summed E-state index contributed by atoms with van der Waals surface area (Å²) in [6, 6.07) is 39.0. The predicted octanol–water partition coefficient (Wildman–Crippen LogP) is 8.49. The Labute approximate surface area is 274 Å². The molecular formula is C38H26BrClN2O3. The lowest BCUT2D eigenvalue weighted by molar-refractivity contribution is -0.153. The summed E-state index contributed by atoms with van der Waals surface area (Å²) in [7, 11) is 0. The van der Waals surface area contributed by atoms with Gasteiger partial charge < -0.3 is 0 Å². The zero-order valence-electron chi connectivity index (χ0n) is 24.2. The van der Waals surface area contributed by atoms with Crippen LogP contribution in [0.3, 0.4) is 0 Å². The summed E-state index contributed by atoms with van der Waals surface area (Å²) in [4.78, 5) is 39.8. The molecule has 45 heavy (non-hydrogen) atoms. The fourth-order valence-corrected chi connectivity index (χ4v) is 9.25. The Bertz CT molecular complexity index is 2040. The van der Waals surface area contributed by atoms with Crippen LogP contribution in [0.25, 0.3) is 0 Å². The number of rotatable bonds is 3. The molecule has 0 aromatic heterocycles. The van der Waals surface area contributed by atoms with E-state index in [2.05, 4.69) is 40.2 Å². The Balaban J connectivity index is 1.43. The SMILES string of the molecule is Cc1ccc(N2C(=O)C34ON(c5ccccc5)C(c5cccc(Br)c5)C3(C2=O)C2c3ccccc3C4c3ccccc32)cc1Cl. The number of carbonyl (C=O) groups excluding carboxylic acids is 2. The van der Waals surface area contributed by atoms with Gasteiger partial charge in [0.1, 0.15) is 11.5 Å². The molecule has 0 radical (unpaired) electrons. The van der Waals surface area contributed by atoms with Gasteiger partial charge in [-0.25, -0.2) is 9.96 Å². The topological polar surface area (TPSA) is 49.9 Å². The Kier molecular flexibility index (Phi) is 5.66. The number of nitrogens with zero attached hydrogens (tertiary/aromatic N) is 2. The molecule has 2 bridgehead atoms. The van der Waals surface area contributed by atoms with Crippen LogP contribution in [-0.2, 0) is 14.4 Å². The maximum atomic E-state index is 15.7. The predicted molar refractivity (Wildman–Crippen MR) is 177 cm³/mol. The summed E-state index contributed by atoms with van der Waals surface area (Å²) in [5, 5.41) is 2.34. The maximum absolute atomic E-state index is 15.7. The van der Waals surface area contributed by atoms with E-state index in [0.29, 0.717) is 10.7 Å². The molecule has 2 saturated heterocycles. The van der Waals surface area contributed by atoms with Gasteiger partial charge in [0, 0.05) is 15.4 Å². The van der Waals surface area contributed by atoms with Gasteiger partial charge in [-0.05, 0) is 76.7 Å². The highest BCUT2D eigenvalue weighted by molar-refractivity contribution is 9.10. The molecular weight excluding hydrogens is 648 g/mol. The molecule has 0 spiro atoms. The molecule has 5 nitrogen and oxygen atoms in total. The first kappa shape index (κ1) is 27.1. The fraction of sp³-hybridized carbons (Fsp3) is 0.158. The van der Waals surface area contributed by atoms with E-state index < -0.39 is 28.9 Å². The summed E-state index contributed by atoms with van der Waals surface area (Å²) >= 11 is 10.3. The van der Waals surface area contributed by atoms with Crippen molar-refractivity contribution in [1.29, 1.82) is 0 Å². The lowest BCUT2D eigenvalue weighted by Crippen LogP contribution is -2.63. The summed E-state index contributed by atoms with van der Waals surface area (Å²) in [6.07, 6.45) is 0. The molecule has 2 heterocycles. The number of amides is 2. The van der Waals surface area contributed by atoms with Crippen LogP contribution in [0.5, 0.6) is 0 Å². The first-order valence-corrected chi connectivity index (χ1v) is 16.2. The van der Waals surface area contributed by atoms with Crippen LogP contribution < -0.4 is 9.96 Å². The van der Waals surface area contributed by atoms with Gasteiger partial charge in [-0.3, -0.25) is 14.4 Å². The number of hydrogen-bond acceptors (Lipinski definition) is 4. The van der Waals surface area contributed by atoms with E-state index >= 15 is 9.59 Å². The normalized spacial score (nSPS) is 27.3. The molecule has 0 N–H and O–H groups in total. The summed E-state index contributed by atoms with van der Waals surface area (Å²) in [6.45, 7) is 1.91. The molecule has 5 aromatic carbocycles. The second-order valence-corrected chi connectivity index (χ2v) is 13.6. The van der Waals surface area contributed by atoms with E-state index in [4.69, 9.17) is 16.4 Å². The average molecular weight is 674 g/mol. The highest BCUT2D eigenvalue weighted by Gasteiger charge is 2.87. The van der Waals surface area contributed by atoms with E-state index in [1.165, 1.54) is 4.90 Å². The molecule has 5 aliphatic rings. The third-order valence-electron chi connectivity index (χ3n) is 10.3. The minimum Gasteiger partial charge on any atom is -0.273 e. The monoisotopic (exact) mass is 672 g/mol. The van der Waals surface area contributed by atoms with Gasteiger partial charge in [0.2, 0.25) is 11.5 Å². The van der Waals surface area contributed by atoms with Crippen LogP contribution in [0, 0.1) is 12.3 Å². The second-order valence-electron chi connectivity index (χ2n) is 12.3. The third-order valence-corrected chi connectivity index (χ3v) is 11.2. The number of anilines is 2. The number of hydrogen-bond donors (Lipinski definition) is 0. The smallest absolute Gasteiger partial charge is 0.271 e. The molecule has 3 unspecified atom stereocenters. The molecule has 3 aliphatic carbocycles. The largest absolute Gasteiger partial charge is 0.273 e. The fourth-order valence-electron chi connectivity index (χ4n) is 8.66. The lowest BCUT2D eigenvalue weighted by Gasteiger charge is -2.55. The second kappa shape index (κ2) is 9.39. The van der Waals surface area contributed by atoms with Gasteiger partial charge in [-0.2, -0.15) is 0 Å². The Morgan fingerprint density at radius 1 is 0.689 bits per heavy atom. The number of hydroxylamine groups is 1. The van der Waals surface area contributed by atoms with E-state index in [9.17, 15) is 0 Å². The number of para-hydroxylation sites is 1. The van der Waals surface area contributed by atoms with Crippen LogP contribution in [0.2, 0.25) is 5.02 Å². The standard InChI is InChI=1S/C38H26BrClN2O3/c1-22-18-19-26(21-31(22)40)41-35(43)37-32-27-14-5-7-16-29(27)33(30-17-8-6-15-28(30)32)38(37,36(41)44)45-42(25-12-3-2-4-13-25)34(37)23-10-9-11-24(39)20-23/h2-21,32-34H,1H3. The Morgan fingerprint density at radius 2 is 1.31 bits per heavy atom. The van der Waals surface area contributed by atoms with Crippen molar-refractivity contribution in [3.8, 4) is 0 Å². The minimum atomic E-state index is -1.57. The van der Waals surface area contributed by atoms with Gasteiger partial charge >= 0.3 is 0 Å². The van der Waals surface area contributed by atoms with E-state index in [1.54, 1.807) is 6.07 Å². The van der Waals surface area contributed by atoms with Crippen molar-refractivity contribution in [3.05, 3.63) is 164 Å². The molecule has 0 saturated carbocycles. The lowest BCUT2D eigenvalue weighted by atomic mass is 9.43. The van der Waals surface area contributed by atoms with Crippen molar-refractivity contribution >= 4 is 50.7 Å². The van der Waals surface area contributed by atoms with Crippen LogP contribution >= 0.6 is 27.5 Å². The summed E-state index contributed by atoms with van der Waals surface area (Å²) < 4.78 is 0.877. The number of halogens is 2. The van der Waals surface area contributed by atoms with Gasteiger partial charge in [0.15, 0.2) is 0 Å². The molecule has 3 atom stereocenters. The van der Waals surface area contributed by atoms with E-state index in [0.717, 1.165) is 43.5 Å². The molecule has 2 amide bonds. The van der Waals surface area contributed by atoms with E-state index in [1.807, 2.05) is 103 Å². The number of benzene rings is 5. The third kappa shape index (κ3) is 3.22. The highest BCUT2D eigenvalue weighted by Crippen LogP contribution is 2.77. The van der Waals surface area contributed by atoms with E-state index in [-0.39, 0.29) is 11.8 Å². The molecule has 7 heteroatoms. The van der Waals surface area contributed by atoms with Crippen LogP contribution in [0.15, 0.2) is 126 Å². The van der Waals surface area contributed by atoms with Crippen LogP contribution in [-0.4, -0.2) is 17.4 Å². The Hall–Kier alpha value is -4.23.